The molecule has 1 fully saturated rings. The lowest BCUT2D eigenvalue weighted by molar-refractivity contribution is 0.315. The lowest BCUT2D eigenvalue weighted by Gasteiger charge is -2.23. The number of hydrogen-bond donors (Lipinski definition) is 2. The summed E-state index contributed by atoms with van der Waals surface area (Å²) in [6, 6.07) is 3.14. The summed E-state index contributed by atoms with van der Waals surface area (Å²) in [6.07, 6.45) is 4.28. The molecule has 1 saturated heterocycles. The molecule has 3 N–H and O–H groups in total. The van der Waals surface area contributed by atoms with E-state index in [1.54, 1.807) is 10.4 Å². The second-order valence-electron chi connectivity index (χ2n) is 5.92. The van der Waals surface area contributed by atoms with Crippen LogP contribution in [0.15, 0.2) is 23.2 Å². The van der Waals surface area contributed by atoms with Gasteiger partial charge in [-0.3, -0.25) is 0 Å². The highest BCUT2D eigenvalue weighted by Crippen LogP contribution is 2.32. The van der Waals surface area contributed by atoms with Gasteiger partial charge in [0.15, 0.2) is 5.82 Å². The largest absolute Gasteiger partial charge is 0.307 e. The molecule has 0 unspecified atom stereocenters. The van der Waals surface area contributed by atoms with Gasteiger partial charge in [-0.25, -0.2) is 19.2 Å². The van der Waals surface area contributed by atoms with Gasteiger partial charge >= 0.3 is 0 Å². The van der Waals surface area contributed by atoms with Crippen LogP contribution < -0.4 is 11.3 Å². The number of anilines is 1. The normalized spacial score (nSPS) is 20.4. The minimum absolute atomic E-state index is 0.141. The van der Waals surface area contributed by atoms with Crippen LogP contribution in [0.1, 0.15) is 33.1 Å². The first kappa shape index (κ1) is 15.2. The molecule has 0 spiro atoms. The number of rotatable bonds is 3. The summed E-state index contributed by atoms with van der Waals surface area (Å²) < 4.78 is 27.0. The summed E-state index contributed by atoms with van der Waals surface area (Å²) in [7, 11) is -3.55. The molecule has 0 radical (unpaired) electrons. The Kier molecular flexibility index (Phi) is 4.31. The summed E-state index contributed by atoms with van der Waals surface area (Å²) in [5, 5.41) is 0. The van der Waals surface area contributed by atoms with Crippen molar-refractivity contribution < 1.29 is 8.42 Å². The molecule has 0 amide bonds. The second-order valence-corrected chi connectivity index (χ2v) is 7.82. The van der Waals surface area contributed by atoms with Crippen LogP contribution in [-0.4, -0.2) is 30.8 Å². The molecule has 1 aromatic rings. The molecule has 6 nitrogen and oxygen atoms in total. The summed E-state index contributed by atoms with van der Waals surface area (Å²) in [5.74, 6) is 5.55. The van der Waals surface area contributed by atoms with Gasteiger partial charge in [0, 0.05) is 19.3 Å². The zero-order valence-electron chi connectivity index (χ0n) is 12.0. The van der Waals surface area contributed by atoms with Crippen molar-refractivity contribution >= 4 is 15.8 Å². The van der Waals surface area contributed by atoms with E-state index in [0.717, 1.165) is 19.3 Å². The first-order chi connectivity index (χ1) is 9.37. The molecular weight excluding hydrogens is 276 g/mol. The van der Waals surface area contributed by atoms with Gasteiger partial charge in [0.05, 0.1) is 0 Å². The first-order valence-corrected chi connectivity index (χ1v) is 8.23. The molecule has 0 aromatic carbocycles. The highest BCUT2D eigenvalue weighted by atomic mass is 32.2. The third-order valence-corrected chi connectivity index (χ3v) is 5.75. The van der Waals surface area contributed by atoms with Crippen molar-refractivity contribution in [2.75, 3.05) is 18.5 Å². The highest BCUT2D eigenvalue weighted by molar-refractivity contribution is 7.89. The van der Waals surface area contributed by atoms with E-state index in [9.17, 15) is 8.42 Å². The molecule has 0 aliphatic carbocycles. The third-order valence-electron chi connectivity index (χ3n) is 3.82. The Balaban J connectivity index is 2.30. The summed E-state index contributed by atoms with van der Waals surface area (Å²) in [5.41, 5.74) is 2.54. The molecule has 1 aliphatic rings. The van der Waals surface area contributed by atoms with Crippen LogP contribution in [0.3, 0.4) is 0 Å². The highest BCUT2D eigenvalue weighted by Gasteiger charge is 2.31. The fraction of sp³-hybridized carbons (Fsp3) is 0.615. The third kappa shape index (κ3) is 3.11. The molecule has 0 bridgehead atoms. The van der Waals surface area contributed by atoms with Crippen molar-refractivity contribution in [3.8, 4) is 0 Å². The van der Waals surface area contributed by atoms with Crippen molar-refractivity contribution in [3.05, 3.63) is 18.3 Å². The van der Waals surface area contributed by atoms with Gasteiger partial charge in [-0.05, 0) is 36.8 Å². The molecule has 112 valence electrons. The molecule has 7 heteroatoms. The lowest BCUT2D eigenvalue weighted by Crippen LogP contribution is -2.33. The summed E-state index contributed by atoms with van der Waals surface area (Å²) in [4.78, 5) is 4.11. The number of pyridine rings is 1. The quantitative estimate of drug-likeness (QED) is 0.653. The maximum Gasteiger partial charge on any atom is 0.246 e. The summed E-state index contributed by atoms with van der Waals surface area (Å²) >= 11 is 0. The van der Waals surface area contributed by atoms with Gasteiger partial charge in [0.1, 0.15) is 4.90 Å². The number of nitrogens with zero attached hydrogens (tertiary/aromatic N) is 2. The predicted molar refractivity (Wildman–Crippen MR) is 78.4 cm³/mol. The fourth-order valence-corrected chi connectivity index (χ4v) is 4.07. The average molecular weight is 298 g/mol. The Labute approximate surface area is 120 Å². The van der Waals surface area contributed by atoms with E-state index >= 15 is 0 Å². The number of nitrogen functional groups attached to an aromatic ring is 1. The topological polar surface area (TPSA) is 88.3 Å². The number of nitrogens with one attached hydrogen (secondary N) is 1. The van der Waals surface area contributed by atoms with Crippen LogP contribution in [0.5, 0.6) is 0 Å². The Morgan fingerprint density at radius 2 is 2.10 bits per heavy atom. The molecule has 20 heavy (non-hydrogen) atoms. The van der Waals surface area contributed by atoms with Crippen molar-refractivity contribution in [1.82, 2.24) is 9.29 Å². The Morgan fingerprint density at radius 1 is 1.35 bits per heavy atom. The van der Waals surface area contributed by atoms with Gasteiger partial charge in [-0.2, -0.15) is 4.31 Å². The monoisotopic (exact) mass is 298 g/mol. The van der Waals surface area contributed by atoms with E-state index in [4.69, 9.17) is 5.84 Å². The Hall–Kier alpha value is -1.18. The Bertz CT molecular complexity index is 571. The van der Waals surface area contributed by atoms with Gasteiger partial charge in [-0.15, -0.1) is 0 Å². The van der Waals surface area contributed by atoms with Crippen LogP contribution in [0.4, 0.5) is 5.82 Å². The van der Waals surface area contributed by atoms with Crippen molar-refractivity contribution in [1.29, 1.82) is 0 Å². The van der Waals surface area contributed by atoms with E-state index in [1.165, 1.54) is 12.3 Å². The molecule has 0 atom stereocenters. The van der Waals surface area contributed by atoms with E-state index in [0.29, 0.717) is 13.1 Å². The van der Waals surface area contributed by atoms with Crippen LogP contribution in [-0.2, 0) is 10.0 Å². The van der Waals surface area contributed by atoms with E-state index in [-0.39, 0.29) is 16.1 Å². The minimum Gasteiger partial charge on any atom is -0.307 e. The number of nitrogens with two attached hydrogens (primary N) is 1. The van der Waals surface area contributed by atoms with Crippen LogP contribution in [0, 0.1) is 5.41 Å². The molecule has 1 aliphatic heterocycles. The Morgan fingerprint density at radius 3 is 2.80 bits per heavy atom. The van der Waals surface area contributed by atoms with Gasteiger partial charge < -0.3 is 5.43 Å². The number of hydrazine groups is 1. The molecule has 2 heterocycles. The number of hydrogen-bond acceptors (Lipinski definition) is 5. The lowest BCUT2D eigenvalue weighted by atomic mass is 9.85. The average Bonchev–Trinajstić information content (AvgIpc) is 2.60. The SMILES string of the molecule is CC1(C)CCCN(S(=O)(=O)c2cccnc2NN)CC1. The van der Waals surface area contributed by atoms with E-state index < -0.39 is 10.0 Å². The first-order valence-electron chi connectivity index (χ1n) is 6.79. The summed E-state index contributed by atoms with van der Waals surface area (Å²) in [6.45, 7) is 5.44. The molecule has 1 aromatic heterocycles. The maximum absolute atomic E-state index is 12.7. The zero-order valence-corrected chi connectivity index (χ0v) is 12.8. The number of sulfonamides is 1. The van der Waals surface area contributed by atoms with Gasteiger partial charge in [-0.1, -0.05) is 13.8 Å². The second kappa shape index (κ2) is 5.67. The smallest absolute Gasteiger partial charge is 0.246 e. The van der Waals surface area contributed by atoms with Crippen molar-refractivity contribution in [3.63, 3.8) is 0 Å². The minimum atomic E-state index is -3.55. The fourth-order valence-electron chi connectivity index (χ4n) is 2.48. The van der Waals surface area contributed by atoms with E-state index in [1.807, 2.05) is 0 Å². The number of aromatic nitrogens is 1. The van der Waals surface area contributed by atoms with E-state index in [2.05, 4.69) is 24.3 Å². The van der Waals surface area contributed by atoms with Crippen LogP contribution >= 0.6 is 0 Å². The zero-order chi connectivity index (χ0) is 14.8. The standard InChI is InChI=1S/C13H22N4O2S/c1-13(2)6-4-9-17(10-7-13)20(18,19)11-5-3-8-15-12(11)16-14/h3,5,8H,4,6-7,9-10,14H2,1-2H3,(H,15,16). The van der Waals surface area contributed by atoms with Crippen LogP contribution in [0.25, 0.3) is 0 Å². The predicted octanol–water partition coefficient (Wildman–Crippen LogP) is 1.57. The molecular formula is C13H22N4O2S. The van der Waals surface area contributed by atoms with Crippen molar-refractivity contribution in [2.24, 2.45) is 11.3 Å². The molecule has 0 saturated carbocycles. The maximum atomic E-state index is 12.7. The van der Waals surface area contributed by atoms with Gasteiger partial charge in [0.2, 0.25) is 10.0 Å². The van der Waals surface area contributed by atoms with Crippen LogP contribution in [0.2, 0.25) is 0 Å². The van der Waals surface area contributed by atoms with Crippen molar-refractivity contribution in [2.45, 2.75) is 38.0 Å². The molecule has 2 rings (SSSR count). The van der Waals surface area contributed by atoms with Gasteiger partial charge in [0.25, 0.3) is 0 Å².